The van der Waals surface area contributed by atoms with Gasteiger partial charge < -0.3 is 14.4 Å². The highest BCUT2D eigenvalue weighted by Crippen LogP contribution is 2.37. The third-order valence-corrected chi connectivity index (χ3v) is 7.76. The van der Waals surface area contributed by atoms with Gasteiger partial charge in [0.05, 0.1) is 21.8 Å². The molecule has 0 fully saturated rings. The van der Waals surface area contributed by atoms with Crippen molar-refractivity contribution >= 4 is 56.2 Å². The number of sulfonamides is 1. The van der Waals surface area contributed by atoms with Crippen molar-refractivity contribution in [3.8, 4) is 16.7 Å². The van der Waals surface area contributed by atoms with Crippen LogP contribution in [0.2, 0.25) is 5.02 Å². The van der Waals surface area contributed by atoms with Crippen molar-refractivity contribution in [2.75, 3.05) is 17.8 Å². The molecule has 0 saturated carbocycles. The highest BCUT2D eigenvalue weighted by atomic mass is 35.5. The van der Waals surface area contributed by atoms with Crippen LogP contribution < -0.4 is 19.1 Å². The first-order valence-corrected chi connectivity index (χ1v) is 17.0. The average Bonchev–Trinajstić information content (AvgIpc) is 3.51. The molecule has 23 heteroatoms. The number of ether oxygens (including phenoxy) is 2. The smallest absolute Gasteiger partial charge is 0.445 e. The minimum atomic E-state index is -4.62. The number of anilines is 1. The molecule has 0 spiro atoms. The fourth-order valence-electron chi connectivity index (χ4n) is 3.94. The second-order valence-corrected chi connectivity index (χ2v) is 13.5. The molecule has 0 unspecified atom stereocenters. The Morgan fingerprint density at radius 3 is 2.13 bits per heavy atom. The summed E-state index contributed by atoms with van der Waals surface area (Å²) in [5.41, 5.74) is -1.89. The van der Waals surface area contributed by atoms with E-state index in [1.54, 1.807) is 18.6 Å². The molecule has 52 heavy (non-hydrogen) atoms. The van der Waals surface area contributed by atoms with E-state index in [4.69, 9.17) is 21.1 Å². The van der Waals surface area contributed by atoms with Gasteiger partial charge in [0, 0.05) is 23.9 Å². The van der Waals surface area contributed by atoms with Crippen LogP contribution in [0.1, 0.15) is 34.8 Å². The summed E-state index contributed by atoms with van der Waals surface area (Å²) in [6, 6.07) is 10.1. The average molecular weight is 802 g/mol. The van der Waals surface area contributed by atoms with Crippen molar-refractivity contribution < 1.29 is 63.1 Å². The Kier molecular flexibility index (Phi) is 13.1. The van der Waals surface area contributed by atoms with Gasteiger partial charge >= 0.3 is 12.4 Å². The Bertz CT molecular complexity index is 2040. The van der Waals surface area contributed by atoms with Gasteiger partial charge in [-0.15, -0.1) is 5.10 Å². The molecule has 280 valence electrons. The predicted octanol–water partition coefficient (Wildman–Crippen LogP) is 7.27. The summed E-state index contributed by atoms with van der Waals surface area (Å²) < 4.78 is 123. The molecular formula is C29H23ClF7N5O8S2. The highest BCUT2D eigenvalue weighted by molar-refractivity contribution is 7.89. The molecule has 0 radical (unpaired) electrons. The number of aromatic nitrogens is 2. The van der Waals surface area contributed by atoms with Crippen LogP contribution >= 0.6 is 22.9 Å². The molecule has 3 aromatic carbocycles. The molecule has 4 aromatic rings. The van der Waals surface area contributed by atoms with Crippen molar-refractivity contribution in [3.63, 3.8) is 0 Å². The van der Waals surface area contributed by atoms with E-state index >= 15 is 0 Å². The lowest BCUT2D eigenvalue weighted by molar-refractivity contribution is -0.385. The maximum absolute atomic E-state index is 13.0. The summed E-state index contributed by atoms with van der Waals surface area (Å²) >= 11 is 5.97. The van der Waals surface area contributed by atoms with E-state index in [-0.39, 0.29) is 34.1 Å². The van der Waals surface area contributed by atoms with Crippen LogP contribution in [-0.2, 0) is 27.2 Å². The van der Waals surface area contributed by atoms with Crippen LogP contribution in [0.4, 0.5) is 42.1 Å². The Hall–Kier alpha value is -5.09. The number of hydrogen-bond donors (Lipinski definition) is 1. The fraction of sp³-hybridized carbons (Fsp3) is 0.241. The van der Waals surface area contributed by atoms with Gasteiger partial charge in [-0.25, -0.2) is 17.5 Å². The van der Waals surface area contributed by atoms with Gasteiger partial charge in [0.25, 0.3) is 22.7 Å². The number of nitrogens with zero attached hydrogens (tertiary/aromatic N) is 4. The summed E-state index contributed by atoms with van der Waals surface area (Å²) in [5, 5.41) is 15.4. The first-order chi connectivity index (χ1) is 24.0. The molecule has 0 atom stereocenters. The Labute approximate surface area is 298 Å². The molecule has 1 heterocycles. The fourth-order valence-corrected chi connectivity index (χ4v) is 5.17. The van der Waals surface area contributed by atoms with E-state index in [9.17, 15) is 58.9 Å². The summed E-state index contributed by atoms with van der Waals surface area (Å²) in [6.07, 6.45) is -8.55. The van der Waals surface area contributed by atoms with Crippen LogP contribution in [0.15, 0.2) is 60.7 Å². The molecule has 0 saturated heterocycles. The van der Waals surface area contributed by atoms with E-state index in [1.807, 2.05) is 0 Å². The van der Waals surface area contributed by atoms with Gasteiger partial charge in [0.1, 0.15) is 22.9 Å². The summed E-state index contributed by atoms with van der Waals surface area (Å²) in [4.78, 5) is 35.8. The van der Waals surface area contributed by atoms with Crippen LogP contribution in [0.3, 0.4) is 0 Å². The van der Waals surface area contributed by atoms with Crippen molar-refractivity contribution in [1.82, 2.24) is 14.9 Å². The van der Waals surface area contributed by atoms with Gasteiger partial charge in [-0.1, -0.05) is 28.0 Å². The normalized spacial score (nSPS) is 11.7. The largest absolute Gasteiger partial charge is 0.459 e. The Balaban J connectivity index is 0.000000284. The van der Waals surface area contributed by atoms with Crippen LogP contribution in [0, 0.1) is 15.9 Å². The number of hydrogen-bond acceptors (Lipinski definition) is 11. The number of alkyl halides is 6. The minimum absolute atomic E-state index is 0.189. The predicted molar refractivity (Wildman–Crippen MR) is 171 cm³/mol. The highest BCUT2D eigenvalue weighted by Gasteiger charge is 2.36. The van der Waals surface area contributed by atoms with Gasteiger partial charge in [-0.2, -0.15) is 26.3 Å². The van der Waals surface area contributed by atoms with Crippen LogP contribution in [0.25, 0.3) is 0 Å². The number of nitro groups is 1. The number of amides is 2. The SMILES string of the molecule is CC(C)N(C(=O)COc1nnc(C(F)(F)F)s1)c1ccc(F)cc1.CS(=O)(=O)NC(=O)c1cc(Oc2ccc(C(F)(F)F)cc2Cl)ccc1[N+](=O)[O-]. The minimum Gasteiger partial charge on any atom is -0.459 e. The topological polar surface area (TPSA) is 171 Å². The summed E-state index contributed by atoms with van der Waals surface area (Å²) in [5.74, 6) is -2.62. The first kappa shape index (κ1) is 41.3. The van der Waals surface area contributed by atoms with Crippen molar-refractivity contribution in [2.24, 2.45) is 0 Å². The van der Waals surface area contributed by atoms with E-state index < -0.39 is 78.4 Å². The number of halogens is 8. The van der Waals surface area contributed by atoms with Gasteiger partial charge in [0.2, 0.25) is 15.0 Å². The first-order valence-electron chi connectivity index (χ1n) is 13.9. The second kappa shape index (κ2) is 16.5. The zero-order chi connectivity index (χ0) is 39.2. The zero-order valence-electron chi connectivity index (χ0n) is 26.5. The number of rotatable bonds is 10. The van der Waals surface area contributed by atoms with E-state index in [1.165, 1.54) is 29.2 Å². The molecule has 2 amide bonds. The Morgan fingerprint density at radius 1 is 1.00 bits per heavy atom. The third-order valence-electron chi connectivity index (χ3n) is 6.03. The lowest BCUT2D eigenvalue weighted by atomic mass is 10.1. The Morgan fingerprint density at radius 2 is 1.63 bits per heavy atom. The maximum atomic E-state index is 13.0. The molecule has 1 N–H and O–H groups in total. The van der Waals surface area contributed by atoms with Gasteiger partial charge in [-0.3, -0.25) is 19.7 Å². The number of carbonyl (C=O) groups is 2. The van der Waals surface area contributed by atoms with Crippen molar-refractivity contribution in [2.45, 2.75) is 32.2 Å². The van der Waals surface area contributed by atoms with Crippen LogP contribution in [0.5, 0.6) is 16.7 Å². The standard InChI is InChI=1S/C15H10ClF3N2O6S.C14H13F4N3O2S/c1-28(25,26)20-14(22)10-7-9(3-4-12(10)21(23)24)27-13-5-2-8(6-11(13)16)15(17,18)19;1-8(2)21(10-5-3-9(15)4-6-10)11(22)7-23-13-20-19-12(24-13)14(16,17)18/h2-7H,1H3,(H,20,22);3-6,8H,7H2,1-2H3. The van der Waals surface area contributed by atoms with E-state index in [2.05, 4.69) is 10.2 Å². The number of carbonyl (C=O) groups excluding carboxylic acids is 2. The molecule has 0 aliphatic heterocycles. The van der Waals surface area contributed by atoms with E-state index in [0.29, 0.717) is 24.1 Å². The quantitative estimate of drug-likeness (QED) is 0.0978. The van der Waals surface area contributed by atoms with Gasteiger partial charge in [-0.05, 0) is 62.4 Å². The molecule has 1 aromatic heterocycles. The monoisotopic (exact) mass is 801 g/mol. The third kappa shape index (κ3) is 11.7. The number of nitrogens with one attached hydrogen (secondary N) is 1. The summed E-state index contributed by atoms with van der Waals surface area (Å²) in [6.45, 7) is 2.98. The number of nitro benzene ring substituents is 1. The molecule has 0 aliphatic rings. The van der Waals surface area contributed by atoms with Crippen LogP contribution in [-0.4, -0.2) is 54.3 Å². The second-order valence-electron chi connectivity index (χ2n) is 10.4. The van der Waals surface area contributed by atoms with Gasteiger partial charge in [0.15, 0.2) is 6.61 Å². The summed E-state index contributed by atoms with van der Waals surface area (Å²) in [7, 11) is -4.00. The lowest BCUT2D eigenvalue weighted by Crippen LogP contribution is -2.40. The molecule has 0 bridgehead atoms. The maximum Gasteiger partial charge on any atom is 0.445 e. The zero-order valence-corrected chi connectivity index (χ0v) is 28.8. The molecule has 4 rings (SSSR count). The molecule has 13 nitrogen and oxygen atoms in total. The van der Waals surface area contributed by atoms with E-state index in [0.717, 1.165) is 24.3 Å². The molecule has 0 aliphatic carbocycles. The lowest BCUT2D eigenvalue weighted by Gasteiger charge is -2.26. The van der Waals surface area contributed by atoms with Crippen molar-refractivity contribution in [1.29, 1.82) is 0 Å². The van der Waals surface area contributed by atoms with Crippen molar-refractivity contribution in [3.05, 3.63) is 97.8 Å². The number of benzene rings is 3. The molecular weight excluding hydrogens is 779 g/mol.